The monoisotopic (exact) mass is 340 g/mol. The first kappa shape index (κ1) is 15.7. The SMILES string of the molecule is Cc1cc(C)n2ncc(-c3noc(C4CC(=O)N(C(C)C)C4)n3)c2n1. The van der Waals surface area contributed by atoms with Crippen LogP contribution in [0.2, 0.25) is 0 Å². The minimum absolute atomic E-state index is 0.0607. The normalized spacial score (nSPS) is 18.0. The predicted molar refractivity (Wildman–Crippen MR) is 90.0 cm³/mol. The summed E-state index contributed by atoms with van der Waals surface area (Å²) in [5.41, 5.74) is 3.33. The highest BCUT2D eigenvalue weighted by molar-refractivity contribution is 5.80. The summed E-state index contributed by atoms with van der Waals surface area (Å²) in [6, 6.07) is 2.14. The van der Waals surface area contributed by atoms with E-state index in [0.717, 1.165) is 17.0 Å². The van der Waals surface area contributed by atoms with Crippen LogP contribution in [0.5, 0.6) is 0 Å². The molecule has 0 radical (unpaired) electrons. The zero-order valence-electron chi connectivity index (χ0n) is 14.7. The van der Waals surface area contributed by atoms with Gasteiger partial charge in [0.2, 0.25) is 17.6 Å². The van der Waals surface area contributed by atoms with Gasteiger partial charge in [-0.1, -0.05) is 5.16 Å². The van der Waals surface area contributed by atoms with Gasteiger partial charge in [-0.3, -0.25) is 4.79 Å². The lowest BCUT2D eigenvalue weighted by molar-refractivity contribution is -0.129. The van der Waals surface area contributed by atoms with E-state index in [1.54, 1.807) is 10.7 Å². The average Bonchev–Trinajstić information content (AvgIpc) is 3.23. The average molecular weight is 340 g/mol. The molecule has 0 aromatic carbocycles. The van der Waals surface area contributed by atoms with Crippen molar-refractivity contribution in [2.24, 2.45) is 0 Å². The molecule has 4 rings (SSSR count). The van der Waals surface area contributed by atoms with Crippen molar-refractivity contribution >= 4 is 11.6 Å². The molecule has 0 spiro atoms. The highest BCUT2D eigenvalue weighted by Crippen LogP contribution is 2.30. The molecule has 0 saturated carbocycles. The van der Waals surface area contributed by atoms with Gasteiger partial charge < -0.3 is 9.42 Å². The first-order valence-corrected chi connectivity index (χ1v) is 8.39. The molecule has 4 heterocycles. The summed E-state index contributed by atoms with van der Waals surface area (Å²) in [6.07, 6.45) is 2.11. The Kier molecular flexibility index (Phi) is 3.55. The Balaban J connectivity index is 1.68. The van der Waals surface area contributed by atoms with E-state index < -0.39 is 0 Å². The van der Waals surface area contributed by atoms with E-state index in [2.05, 4.69) is 20.2 Å². The summed E-state index contributed by atoms with van der Waals surface area (Å²) in [7, 11) is 0. The molecule has 1 aliphatic rings. The maximum atomic E-state index is 12.1. The Morgan fingerprint density at radius 2 is 2.08 bits per heavy atom. The van der Waals surface area contributed by atoms with E-state index in [-0.39, 0.29) is 17.9 Å². The highest BCUT2D eigenvalue weighted by Gasteiger charge is 2.35. The molecule has 8 heteroatoms. The van der Waals surface area contributed by atoms with Gasteiger partial charge in [0.25, 0.3) is 0 Å². The van der Waals surface area contributed by atoms with Crippen molar-refractivity contribution in [3.63, 3.8) is 0 Å². The minimum atomic E-state index is -0.0607. The molecule has 1 unspecified atom stereocenters. The van der Waals surface area contributed by atoms with E-state index >= 15 is 0 Å². The van der Waals surface area contributed by atoms with Gasteiger partial charge in [-0.05, 0) is 33.8 Å². The van der Waals surface area contributed by atoms with Crippen LogP contribution in [0.1, 0.15) is 43.5 Å². The van der Waals surface area contributed by atoms with Crippen LogP contribution < -0.4 is 0 Å². The quantitative estimate of drug-likeness (QED) is 0.725. The summed E-state index contributed by atoms with van der Waals surface area (Å²) in [5.74, 6) is 1.02. The Morgan fingerprint density at radius 3 is 2.80 bits per heavy atom. The first-order chi connectivity index (χ1) is 11.9. The smallest absolute Gasteiger partial charge is 0.232 e. The first-order valence-electron chi connectivity index (χ1n) is 8.39. The summed E-state index contributed by atoms with van der Waals surface area (Å²) in [6.45, 7) is 8.55. The number of aromatic nitrogens is 5. The summed E-state index contributed by atoms with van der Waals surface area (Å²) >= 11 is 0. The molecule has 1 aliphatic heterocycles. The number of carbonyl (C=O) groups excluding carboxylic acids is 1. The van der Waals surface area contributed by atoms with Gasteiger partial charge in [0, 0.05) is 30.4 Å². The lowest BCUT2D eigenvalue weighted by Crippen LogP contribution is -2.31. The lowest BCUT2D eigenvalue weighted by Gasteiger charge is -2.20. The Hall–Kier alpha value is -2.77. The zero-order chi connectivity index (χ0) is 17.7. The van der Waals surface area contributed by atoms with E-state index in [4.69, 9.17) is 4.52 Å². The third kappa shape index (κ3) is 2.57. The van der Waals surface area contributed by atoms with Crippen LogP contribution in [0.15, 0.2) is 16.8 Å². The standard InChI is InChI=1S/C17H20N6O2/c1-9(2)22-8-12(6-14(22)24)17-20-15(21-25-17)13-7-18-23-11(4)5-10(3)19-16(13)23/h5,7,9,12H,6,8H2,1-4H3. The van der Waals surface area contributed by atoms with Crippen LogP contribution in [0.25, 0.3) is 17.0 Å². The molecule has 0 aliphatic carbocycles. The fraction of sp³-hybridized carbons (Fsp3) is 0.471. The van der Waals surface area contributed by atoms with Crippen molar-refractivity contribution in [3.8, 4) is 11.4 Å². The van der Waals surface area contributed by atoms with Crippen LogP contribution in [-0.2, 0) is 4.79 Å². The highest BCUT2D eigenvalue weighted by atomic mass is 16.5. The molecule has 1 amide bonds. The third-order valence-corrected chi connectivity index (χ3v) is 4.59. The molecule has 0 N–H and O–H groups in total. The number of fused-ring (bicyclic) bond motifs is 1. The molecule has 1 fully saturated rings. The second kappa shape index (κ2) is 5.65. The Labute approximate surface area is 144 Å². The Morgan fingerprint density at radius 1 is 1.28 bits per heavy atom. The number of amides is 1. The van der Waals surface area contributed by atoms with E-state index in [1.165, 1.54) is 0 Å². The van der Waals surface area contributed by atoms with Gasteiger partial charge in [0.05, 0.1) is 17.7 Å². The number of hydrogen-bond acceptors (Lipinski definition) is 6. The van der Waals surface area contributed by atoms with Crippen LogP contribution in [0.3, 0.4) is 0 Å². The van der Waals surface area contributed by atoms with Crippen molar-refractivity contribution < 1.29 is 9.32 Å². The molecule has 25 heavy (non-hydrogen) atoms. The van der Waals surface area contributed by atoms with Crippen molar-refractivity contribution in [1.82, 2.24) is 29.6 Å². The Bertz CT molecular complexity index is 957. The summed E-state index contributed by atoms with van der Waals surface area (Å²) < 4.78 is 7.22. The van der Waals surface area contributed by atoms with E-state index in [0.29, 0.717) is 30.3 Å². The molecule has 130 valence electrons. The lowest BCUT2D eigenvalue weighted by atomic mass is 10.1. The van der Waals surface area contributed by atoms with Gasteiger partial charge in [0.15, 0.2) is 5.65 Å². The molecule has 1 saturated heterocycles. The van der Waals surface area contributed by atoms with Gasteiger partial charge in [0.1, 0.15) is 0 Å². The van der Waals surface area contributed by atoms with Crippen molar-refractivity contribution in [2.75, 3.05) is 6.54 Å². The zero-order valence-corrected chi connectivity index (χ0v) is 14.7. The largest absolute Gasteiger partial charge is 0.339 e. The molecule has 0 bridgehead atoms. The third-order valence-electron chi connectivity index (χ3n) is 4.59. The fourth-order valence-electron chi connectivity index (χ4n) is 3.33. The van der Waals surface area contributed by atoms with Gasteiger partial charge in [-0.25, -0.2) is 9.50 Å². The van der Waals surface area contributed by atoms with E-state index in [1.807, 2.05) is 38.7 Å². The number of carbonyl (C=O) groups is 1. The molecular weight excluding hydrogens is 320 g/mol. The number of hydrogen-bond donors (Lipinski definition) is 0. The van der Waals surface area contributed by atoms with Crippen molar-refractivity contribution in [1.29, 1.82) is 0 Å². The van der Waals surface area contributed by atoms with Crippen molar-refractivity contribution in [2.45, 2.75) is 46.1 Å². The summed E-state index contributed by atoms with van der Waals surface area (Å²) in [4.78, 5) is 23.0. The topological polar surface area (TPSA) is 89.4 Å². The molecule has 3 aromatic rings. The van der Waals surface area contributed by atoms with Crippen LogP contribution >= 0.6 is 0 Å². The number of likely N-dealkylation sites (tertiary alicyclic amines) is 1. The molecule has 8 nitrogen and oxygen atoms in total. The molecule has 3 aromatic heterocycles. The fourth-order valence-corrected chi connectivity index (χ4v) is 3.33. The van der Waals surface area contributed by atoms with Crippen molar-refractivity contribution in [3.05, 3.63) is 29.5 Å². The van der Waals surface area contributed by atoms with Crippen LogP contribution in [0.4, 0.5) is 0 Å². The second-order valence-corrected chi connectivity index (χ2v) is 6.83. The second-order valence-electron chi connectivity index (χ2n) is 6.83. The maximum absolute atomic E-state index is 12.1. The van der Waals surface area contributed by atoms with Crippen LogP contribution in [-0.4, -0.2) is 48.1 Å². The predicted octanol–water partition coefficient (Wildman–Crippen LogP) is 2.12. The number of nitrogens with zero attached hydrogens (tertiary/aromatic N) is 6. The summed E-state index contributed by atoms with van der Waals surface area (Å²) in [5, 5.41) is 8.46. The molecular formula is C17H20N6O2. The van der Waals surface area contributed by atoms with Gasteiger partial charge in [-0.2, -0.15) is 10.1 Å². The number of aryl methyl sites for hydroxylation is 2. The van der Waals surface area contributed by atoms with Gasteiger partial charge in [-0.15, -0.1) is 0 Å². The number of rotatable bonds is 3. The van der Waals surface area contributed by atoms with Gasteiger partial charge >= 0.3 is 0 Å². The molecule has 1 atom stereocenters. The maximum Gasteiger partial charge on any atom is 0.232 e. The van der Waals surface area contributed by atoms with Crippen LogP contribution in [0, 0.1) is 13.8 Å². The van der Waals surface area contributed by atoms with E-state index in [9.17, 15) is 4.79 Å². The minimum Gasteiger partial charge on any atom is -0.339 e.